The zero-order valence-corrected chi connectivity index (χ0v) is 15.0. The van der Waals surface area contributed by atoms with Crippen LogP contribution in [0.5, 0.6) is 5.75 Å². The fraction of sp³-hybridized carbons (Fsp3) is 0.304. The van der Waals surface area contributed by atoms with Crippen LogP contribution in [0.4, 0.5) is 11.4 Å². The summed E-state index contributed by atoms with van der Waals surface area (Å²) in [6, 6.07) is 23.0. The Morgan fingerprint density at radius 2 is 1.48 bits per heavy atom. The molecule has 0 atom stereocenters. The summed E-state index contributed by atoms with van der Waals surface area (Å²) in [4.78, 5) is 0. The molecule has 0 aliphatic carbocycles. The Kier molecular flexibility index (Phi) is 6.33. The van der Waals surface area contributed by atoms with Gasteiger partial charge in [-0.2, -0.15) is 0 Å². The van der Waals surface area contributed by atoms with Crippen LogP contribution in [0.15, 0.2) is 66.7 Å². The second-order valence-corrected chi connectivity index (χ2v) is 6.48. The number of rotatable bonds is 9. The Labute approximate surface area is 150 Å². The van der Waals surface area contributed by atoms with E-state index in [0.717, 1.165) is 30.2 Å². The average Bonchev–Trinajstić information content (AvgIpc) is 2.65. The molecule has 3 aromatic rings. The third-order valence-electron chi connectivity index (χ3n) is 4.39. The molecule has 25 heavy (non-hydrogen) atoms. The van der Waals surface area contributed by atoms with Gasteiger partial charge in [0.2, 0.25) is 0 Å². The number of nitrogens with one attached hydrogen (secondary N) is 1. The highest BCUT2D eigenvalue weighted by molar-refractivity contribution is 5.87. The van der Waals surface area contributed by atoms with Crippen LogP contribution < -0.4 is 10.1 Å². The first-order chi connectivity index (χ1) is 12.3. The third-order valence-corrected chi connectivity index (χ3v) is 4.39. The summed E-state index contributed by atoms with van der Waals surface area (Å²) in [5, 5.41) is 5.87. The van der Waals surface area contributed by atoms with Crippen LogP contribution in [-0.2, 0) is 0 Å². The Morgan fingerprint density at radius 1 is 0.720 bits per heavy atom. The highest BCUT2D eigenvalue weighted by atomic mass is 16.5. The van der Waals surface area contributed by atoms with Gasteiger partial charge in [0.15, 0.2) is 0 Å². The van der Waals surface area contributed by atoms with Crippen molar-refractivity contribution in [2.75, 3.05) is 11.9 Å². The predicted molar refractivity (Wildman–Crippen MR) is 108 cm³/mol. The van der Waals surface area contributed by atoms with Crippen molar-refractivity contribution in [3.8, 4) is 5.75 Å². The van der Waals surface area contributed by atoms with Crippen LogP contribution in [0.3, 0.4) is 0 Å². The maximum atomic E-state index is 5.90. The Hall–Kier alpha value is -2.48. The van der Waals surface area contributed by atoms with Gasteiger partial charge >= 0.3 is 0 Å². The van der Waals surface area contributed by atoms with Crippen LogP contribution in [-0.4, -0.2) is 6.61 Å². The number of benzene rings is 3. The van der Waals surface area contributed by atoms with Gasteiger partial charge in [0, 0.05) is 11.4 Å². The molecule has 0 aliphatic rings. The molecular weight excluding hydrogens is 306 g/mol. The zero-order valence-electron chi connectivity index (χ0n) is 15.0. The van der Waals surface area contributed by atoms with Gasteiger partial charge < -0.3 is 10.1 Å². The fourth-order valence-corrected chi connectivity index (χ4v) is 2.98. The van der Waals surface area contributed by atoms with Gasteiger partial charge in [-0.25, -0.2) is 0 Å². The molecule has 0 aliphatic heterocycles. The average molecular weight is 333 g/mol. The van der Waals surface area contributed by atoms with Crippen LogP contribution in [0.2, 0.25) is 0 Å². The van der Waals surface area contributed by atoms with Crippen molar-refractivity contribution in [3.05, 3.63) is 66.7 Å². The molecule has 0 amide bonds. The molecule has 0 saturated heterocycles. The van der Waals surface area contributed by atoms with Crippen LogP contribution in [0, 0.1) is 0 Å². The molecule has 0 saturated carbocycles. The molecule has 0 unspecified atom stereocenters. The lowest BCUT2D eigenvalue weighted by Gasteiger charge is -2.10. The lowest BCUT2D eigenvalue weighted by molar-refractivity contribution is 0.305. The number of ether oxygens (including phenoxy) is 1. The van der Waals surface area contributed by atoms with E-state index in [2.05, 4.69) is 60.8 Å². The van der Waals surface area contributed by atoms with Gasteiger partial charge in [0.25, 0.3) is 0 Å². The molecule has 3 aromatic carbocycles. The highest BCUT2D eigenvalue weighted by Gasteiger charge is 2.01. The topological polar surface area (TPSA) is 21.3 Å². The summed E-state index contributed by atoms with van der Waals surface area (Å²) < 4.78 is 5.90. The summed E-state index contributed by atoms with van der Waals surface area (Å²) in [7, 11) is 0. The van der Waals surface area contributed by atoms with E-state index in [-0.39, 0.29) is 0 Å². The molecule has 130 valence electrons. The van der Waals surface area contributed by atoms with Crippen molar-refractivity contribution in [3.63, 3.8) is 0 Å². The molecule has 2 nitrogen and oxygen atoms in total. The molecule has 0 heterocycles. The van der Waals surface area contributed by atoms with E-state index in [0.29, 0.717) is 0 Å². The van der Waals surface area contributed by atoms with E-state index in [4.69, 9.17) is 4.74 Å². The first kappa shape index (κ1) is 17.3. The molecule has 0 bridgehead atoms. The molecule has 0 radical (unpaired) electrons. The first-order valence-corrected chi connectivity index (χ1v) is 9.34. The maximum absolute atomic E-state index is 5.90. The SMILES string of the molecule is CCCCCCCOc1ccc2cc(Nc3ccccc3)ccc2c1. The van der Waals surface area contributed by atoms with Crippen molar-refractivity contribution in [2.24, 2.45) is 0 Å². The number of hydrogen-bond donors (Lipinski definition) is 1. The molecule has 2 heteroatoms. The summed E-state index contributed by atoms with van der Waals surface area (Å²) in [6.45, 7) is 3.05. The Bertz CT molecular complexity index is 782. The van der Waals surface area contributed by atoms with Gasteiger partial charge in [0.05, 0.1) is 6.61 Å². The quantitative estimate of drug-likeness (QED) is 0.428. The monoisotopic (exact) mass is 333 g/mol. The second-order valence-electron chi connectivity index (χ2n) is 6.48. The second kappa shape index (κ2) is 9.12. The normalized spacial score (nSPS) is 10.8. The van der Waals surface area contributed by atoms with Gasteiger partial charge in [-0.05, 0) is 53.6 Å². The van der Waals surface area contributed by atoms with Gasteiger partial charge in [-0.15, -0.1) is 0 Å². The van der Waals surface area contributed by atoms with Crippen molar-refractivity contribution in [2.45, 2.75) is 39.0 Å². The standard InChI is InChI=1S/C23H27NO/c1-2-3-4-5-9-16-25-23-15-13-19-17-22(14-12-20(19)18-23)24-21-10-7-6-8-11-21/h6-8,10-15,17-18,24H,2-5,9,16H2,1H3. The van der Waals surface area contributed by atoms with E-state index in [1.54, 1.807) is 0 Å². The van der Waals surface area contributed by atoms with E-state index in [1.807, 2.05) is 18.2 Å². The maximum Gasteiger partial charge on any atom is 0.119 e. The van der Waals surface area contributed by atoms with E-state index >= 15 is 0 Å². The largest absolute Gasteiger partial charge is 0.494 e. The molecule has 3 rings (SSSR count). The number of anilines is 2. The van der Waals surface area contributed by atoms with E-state index in [9.17, 15) is 0 Å². The molecule has 0 fully saturated rings. The summed E-state index contributed by atoms with van der Waals surface area (Å²) >= 11 is 0. The number of para-hydroxylation sites is 1. The lowest BCUT2D eigenvalue weighted by Crippen LogP contribution is -1.97. The zero-order chi connectivity index (χ0) is 17.3. The fourth-order valence-electron chi connectivity index (χ4n) is 2.98. The predicted octanol–water partition coefficient (Wildman–Crippen LogP) is 6.93. The minimum absolute atomic E-state index is 0.808. The first-order valence-electron chi connectivity index (χ1n) is 9.34. The highest BCUT2D eigenvalue weighted by Crippen LogP contribution is 2.26. The Balaban J connectivity index is 1.59. The van der Waals surface area contributed by atoms with Crippen LogP contribution in [0.1, 0.15) is 39.0 Å². The van der Waals surface area contributed by atoms with Crippen LogP contribution in [0.25, 0.3) is 10.8 Å². The Morgan fingerprint density at radius 3 is 2.32 bits per heavy atom. The van der Waals surface area contributed by atoms with E-state index < -0.39 is 0 Å². The summed E-state index contributed by atoms with van der Waals surface area (Å²) in [5.41, 5.74) is 2.20. The lowest BCUT2D eigenvalue weighted by atomic mass is 10.1. The van der Waals surface area contributed by atoms with E-state index in [1.165, 1.54) is 36.5 Å². The molecule has 0 aromatic heterocycles. The molecule has 1 N–H and O–H groups in total. The minimum atomic E-state index is 0.808. The van der Waals surface area contributed by atoms with Gasteiger partial charge in [0.1, 0.15) is 5.75 Å². The molecule has 0 spiro atoms. The number of hydrogen-bond acceptors (Lipinski definition) is 2. The van der Waals surface area contributed by atoms with Crippen molar-refractivity contribution in [1.29, 1.82) is 0 Å². The van der Waals surface area contributed by atoms with Gasteiger partial charge in [-0.3, -0.25) is 0 Å². The van der Waals surface area contributed by atoms with Crippen LogP contribution >= 0.6 is 0 Å². The third kappa shape index (κ3) is 5.25. The summed E-state index contributed by atoms with van der Waals surface area (Å²) in [5.74, 6) is 0.965. The van der Waals surface area contributed by atoms with Crippen molar-refractivity contribution >= 4 is 22.1 Å². The summed E-state index contributed by atoms with van der Waals surface area (Å²) in [6.07, 6.45) is 6.32. The van der Waals surface area contributed by atoms with Gasteiger partial charge in [-0.1, -0.05) is 62.9 Å². The minimum Gasteiger partial charge on any atom is -0.494 e. The van der Waals surface area contributed by atoms with Crippen molar-refractivity contribution < 1.29 is 4.74 Å². The smallest absolute Gasteiger partial charge is 0.119 e. The number of unbranched alkanes of at least 4 members (excludes halogenated alkanes) is 4. The number of fused-ring (bicyclic) bond motifs is 1. The molecular formula is C23H27NO. The van der Waals surface area contributed by atoms with Crippen molar-refractivity contribution in [1.82, 2.24) is 0 Å².